The van der Waals surface area contributed by atoms with Gasteiger partial charge in [0, 0.05) is 18.7 Å². The lowest BCUT2D eigenvalue weighted by molar-refractivity contribution is -0.140. The third-order valence-corrected chi connectivity index (χ3v) is 4.49. The van der Waals surface area contributed by atoms with Crippen LogP contribution in [0.5, 0.6) is 0 Å². The molecule has 1 N–H and O–H groups in total. The molecular formula is C22H27FN2O2. The molecule has 2 aromatic carbocycles. The van der Waals surface area contributed by atoms with Crippen LogP contribution in [0, 0.1) is 5.82 Å². The summed E-state index contributed by atoms with van der Waals surface area (Å²) < 4.78 is 14.1. The van der Waals surface area contributed by atoms with Gasteiger partial charge in [-0.15, -0.1) is 0 Å². The number of unbranched alkanes of at least 4 members (excludes halogenated alkanes) is 1. The van der Waals surface area contributed by atoms with E-state index >= 15 is 0 Å². The van der Waals surface area contributed by atoms with Gasteiger partial charge in [-0.25, -0.2) is 4.39 Å². The van der Waals surface area contributed by atoms with Gasteiger partial charge < -0.3 is 10.2 Å². The topological polar surface area (TPSA) is 49.4 Å². The van der Waals surface area contributed by atoms with Gasteiger partial charge in [-0.2, -0.15) is 0 Å². The van der Waals surface area contributed by atoms with E-state index in [0.717, 1.165) is 18.4 Å². The standard InChI is InChI=1S/C22H27FN2O2/c1-3-4-14-24-22(27)17(2)25(16-19-12-8-9-13-20(19)23)21(26)15-18-10-6-5-7-11-18/h5-13,17H,3-4,14-16H2,1-2H3,(H,24,27)/t17-/m1/s1. The Morgan fingerprint density at radius 1 is 1.07 bits per heavy atom. The van der Waals surface area contributed by atoms with E-state index in [1.54, 1.807) is 25.1 Å². The molecule has 144 valence electrons. The number of amides is 2. The van der Waals surface area contributed by atoms with Crippen molar-refractivity contribution in [3.8, 4) is 0 Å². The van der Waals surface area contributed by atoms with Crippen molar-refractivity contribution in [1.29, 1.82) is 0 Å². The van der Waals surface area contributed by atoms with E-state index in [0.29, 0.717) is 12.1 Å². The maximum Gasteiger partial charge on any atom is 0.242 e. The van der Waals surface area contributed by atoms with E-state index < -0.39 is 6.04 Å². The maximum absolute atomic E-state index is 14.1. The fourth-order valence-corrected chi connectivity index (χ4v) is 2.80. The molecule has 4 nitrogen and oxygen atoms in total. The lowest BCUT2D eigenvalue weighted by atomic mass is 10.1. The van der Waals surface area contributed by atoms with Crippen LogP contribution in [-0.4, -0.2) is 29.3 Å². The van der Waals surface area contributed by atoms with Crippen molar-refractivity contribution in [2.45, 2.75) is 45.7 Å². The van der Waals surface area contributed by atoms with Crippen LogP contribution in [-0.2, 0) is 22.6 Å². The zero-order valence-electron chi connectivity index (χ0n) is 16.0. The van der Waals surface area contributed by atoms with Crippen LogP contribution in [0.15, 0.2) is 54.6 Å². The molecule has 0 saturated heterocycles. The molecule has 0 aromatic heterocycles. The molecule has 0 aliphatic rings. The molecule has 2 aromatic rings. The van der Waals surface area contributed by atoms with Gasteiger partial charge in [0.05, 0.1) is 6.42 Å². The molecule has 27 heavy (non-hydrogen) atoms. The van der Waals surface area contributed by atoms with E-state index in [1.807, 2.05) is 37.3 Å². The predicted molar refractivity (Wildman–Crippen MR) is 104 cm³/mol. The molecule has 0 spiro atoms. The number of rotatable bonds is 9. The highest BCUT2D eigenvalue weighted by Crippen LogP contribution is 2.15. The minimum absolute atomic E-state index is 0.0563. The minimum atomic E-state index is -0.683. The molecule has 0 heterocycles. The normalized spacial score (nSPS) is 11.7. The number of hydrogen-bond acceptors (Lipinski definition) is 2. The zero-order chi connectivity index (χ0) is 19.6. The number of carbonyl (C=O) groups is 2. The fraction of sp³-hybridized carbons (Fsp3) is 0.364. The van der Waals surface area contributed by atoms with Crippen LogP contribution >= 0.6 is 0 Å². The molecule has 0 aliphatic carbocycles. The molecule has 2 amide bonds. The lowest BCUT2D eigenvalue weighted by Gasteiger charge is -2.29. The molecule has 0 unspecified atom stereocenters. The van der Waals surface area contributed by atoms with Gasteiger partial charge in [0.2, 0.25) is 11.8 Å². The Labute approximate surface area is 160 Å². The molecule has 5 heteroatoms. The average Bonchev–Trinajstić information content (AvgIpc) is 2.67. The summed E-state index contributed by atoms with van der Waals surface area (Å²) in [6.45, 7) is 4.36. The fourth-order valence-electron chi connectivity index (χ4n) is 2.80. The first kappa shape index (κ1) is 20.6. The molecule has 0 bridgehead atoms. The van der Waals surface area contributed by atoms with E-state index in [-0.39, 0.29) is 30.6 Å². The SMILES string of the molecule is CCCCNC(=O)[C@@H](C)N(Cc1ccccc1F)C(=O)Cc1ccccc1. The van der Waals surface area contributed by atoms with Crippen LogP contribution in [0.2, 0.25) is 0 Å². The van der Waals surface area contributed by atoms with Crippen LogP contribution in [0.4, 0.5) is 4.39 Å². The second kappa shape index (κ2) is 10.5. The lowest BCUT2D eigenvalue weighted by Crippen LogP contribution is -2.48. The predicted octanol–water partition coefficient (Wildman–Crippen LogP) is 3.70. The summed E-state index contributed by atoms with van der Waals surface area (Å²) >= 11 is 0. The van der Waals surface area contributed by atoms with E-state index in [1.165, 1.54) is 11.0 Å². The monoisotopic (exact) mass is 370 g/mol. The molecule has 2 rings (SSSR count). The Bertz CT molecular complexity index is 749. The van der Waals surface area contributed by atoms with E-state index in [4.69, 9.17) is 0 Å². The second-order valence-corrected chi connectivity index (χ2v) is 6.60. The third kappa shape index (κ3) is 6.20. The summed E-state index contributed by atoms with van der Waals surface area (Å²) in [6, 6.07) is 15.0. The van der Waals surface area contributed by atoms with Crippen molar-refractivity contribution in [3.63, 3.8) is 0 Å². The minimum Gasteiger partial charge on any atom is -0.354 e. The highest BCUT2D eigenvalue weighted by atomic mass is 19.1. The van der Waals surface area contributed by atoms with Crippen molar-refractivity contribution in [2.24, 2.45) is 0 Å². The van der Waals surface area contributed by atoms with Crippen molar-refractivity contribution in [1.82, 2.24) is 10.2 Å². The third-order valence-electron chi connectivity index (χ3n) is 4.49. The quantitative estimate of drug-likeness (QED) is 0.684. The highest BCUT2D eigenvalue weighted by molar-refractivity contribution is 5.88. The number of nitrogens with one attached hydrogen (secondary N) is 1. The summed E-state index contributed by atoms with van der Waals surface area (Å²) in [6.07, 6.45) is 2.02. The molecule has 0 saturated carbocycles. The van der Waals surface area contributed by atoms with Gasteiger partial charge in [0.25, 0.3) is 0 Å². The molecular weight excluding hydrogens is 343 g/mol. The Hall–Kier alpha value is -2.69. The van der Waals surface area contributed by atoms with Gasteiger partial charge >= 0.3 is 0 Å². The summed E-state index contributed by atoms with van der Waals surface area (Å²) in [5.41, 5.74) is 1.26. The molecule has 1 atom stereocenters. The number of hydrogen-bond donors (Lipinski definition) is 1. The largest absolute Gasteiger partial charge is 0.354 e. The van der Waals surface area contributed by atoms with Crippen molar-refractivity contribution in [3.05, 3.63) is 71.5 Å². The van der Waals surface area contributed by atoms with Gasteiger partial charge in [0.1, 0.15) is 11.9 Å². The molecule has 0 aliphatic heterocycles. The first-order valence-electron chi connectivity index (χ1n) is 9.37. The van der Waals surface area contributed by atoms with Gasteiger partial charge in [-0.3, -0.25) is 9.59 Å². The van der Waals surface area contributed by atoms with E-state index in [2.05, 4.69) is 5.32 Å². The van der Waals surface area contributed by atoms with Crippen molar-refractivity contribution < 1.29 is 14.0 Å². The summed E-state index contributed by atoms with van der Waals surface area (Å²) in [4.78, 5) is 26.9. The summed E-state index contributed by atoms with van der Waals surface area (Å²) in [5.74, 6) is -0.808. The number of benzene rings is 2. The molecule has 0 fully saturated rings. The maximum atomic E-state index is 14.1. The van der Waals surface area contributed by atoms with Crippen LogP contribution in [0.3, 0.4) is 0 Å². The number of halogens is 1. The van der Waals surface area contributed by atoms with Crippen LogP contribution in [0.25, 0.3) is 0 Å². The van der Waals surface area contributed by atoms with Crippen LogP contribution in [0.1, 0.15) is 37.8 Å². The van der Waals surface area contributed by atoms with Gasteiger partial charge in [-0.05, 0) is 25.0 Å². The number of nitrogens with zero attached hydrogens (tertiary/aromatic N) is 1. The Balaban J connectivity index is 2.17. The van der Waals surface area contributed by atoms with Crippen molar-refractivity contribution >= 4 is 11.8 Å². The number of carbonyl (C=O) groups excluding carboxylic acids is 2. The second-order valence-electron chi connectivity index (χ2n) is 6.60. The van der Waals surface area contributed by atoms with Gasteiger partial charge in [0.15, 0.2) is 0 Å². The Morgan fingerprint density at radius 2 is 1.74 bits per heavy atom. The van der Waals surface area contributed by atoms with Crippen molar-refractivity contribution in [2.75, 3.05) is 6.54 Å². The zero-order valence-corrected chi connectivity index (χ0v) is 16.0. The molecule has 0 radical (unpaired) electrons. The smallest absolute Gasteiger partial charge is 0.242 e. The van der Waals surface area contributed by atoms with Gasteiger partial charge in [-0.1, -0.05) is 61.9 Å². The first-order valence-corrected chi connectivity index (χ1v) is 9.37. The van der Waals surface area contributed by atoms with E-state index in [9.17, 15) is 14.0 Å². The summed E-state index contributed by atoms with van der Waals surface area (Å²) in [5, 5.41) is 2.86. The summed E-state index contributed by atoms with van der Waals surface area (Å²) in [7, 11) is 0. The Kier molecular flexibility index (Phi) is 7.99. The first-order chi connectivity index (χ1) is 13.0. The average molecular weight is 370 g/mol. The Morgan fingerprint density at radius 3 is 2.41 bits per heavy atom. The van der Waals surface area contributed by atoms with Crippen LogP contribution < -0.4 is 5.32 Å². The highest BCUT2D eigenvalue weighted by Gasteiger charge is 2.26.